The number of unbranched alkanes of at least 4 members (excludes halogenated alkanes) is 2. The SMILES string of the molecule is NCCCCC1NC(=O)[C@H](CC(=O)O)NC(=O)C23CC4C[C@H](CC(C4)(C2)NC(=O)C(CCCCN)NC(=O)[C@H](CC(=O)O)NC(=O)C24CC5C[C@H](CC(C5)(C2)NC1=O)C4)C3. The van der Waals surface area contributed by atoms with Gasteiger partial charge in [-0.25, -0.2) is 0 Å². The minimum atomic E-state index is -1.48. The molecule has 12 N–H and O–H groups in total. The van der Waals surface area contributed by atoms with Crippen molar-refractivity contribution < 1.29 is 48.6 Å². The zero-order valence-corrected chi connectivity index (χ0v) is 34.5. The monoisotopic (exact) mass is 840 g/mol. The van der Waals surface area contributed by atoms with Crippen LogP contribution in [0.4, 0.5) is 0 Å². The van der Waals surface area contributed by atoms with E-state index in [1.165, 1.54) is 0 Å². The van der Waals surface area contributed by atoms with E-state index in [1.54, 1.807) is 0 Å². The van der Waals surface area contributed by atoms with Crippen LogP contribution in [0, 0.1) is 34.5 Å². The van der Waals surface area contributed by atoms with Gasteiger partial charge in [0, 0.05) is 11.1 Å². The van der Waals surface area contributed by atoms with E-state index in [4.69, 9.17) is 11.5 Å². The average molecular weight is 841 g/mol. The second-order valence-electron chi connectivity index (χ2n) is 20.0. The lowest BCUT2D eigenvalue weighted by Crippen LogP contribution is -2.69. The highest BCUT2D eigenvalue weighted by molar-refractivity contribution is 5.97. The van der Waals surface area contributed by atoms with Crippen LogP contribution in [0.25, 0.3) is 0 Å². The van der Waals surface area contributed by atoms with Gasteiger partial charge >= 0.3 is 11.9 Å². The Morgan fingerprint density at radius 2 is 0.850 bits per heavy atom. The van der Waals surface area contributed by atoms with Crippen molar-refractivity contribution in [3.8, 4) is 0 Å². The van der Waals surface area contributed by atoms with Gasteiger partial charge in [0.1, 0.15) is 24.2 Å². The van der Waals surface area contributed by atoms with Gasteiger partial charge in [0.2, 0.25) is 35.4 Å². The molecule has 18 nitrogen and oxygen atoms in total. The van der Waals surface area contributed by atoms with Gasteiger partial charge in [0.25, 0.3) is 0 Å². The number of hydrogen-bond donors (Lipinski definition) is 10. The summed E-state index contributed by atoms with van der Waals surface area (Å²) in [5, 5.41) is 37.5. The molecule has 1 heterocycles. The van der Waals surface area contributed by atoms with Crippen molar-refractivity contribution in [3.63, 3.8) is 0 Å². The number of carbonyl (C=O) groups is 8. The molecule has 1 aliphatic heterocycles. The van der Waals surface area contributed by atoms with Crippen LogP contribution in [0.1, 0.15) is 128 Å². The standard InChI is InChI=1S/C42H64N8O10/c43-7-3-1-5-27-35(57)49-41-17-23-9-24(18-41)14-39(13-23,21-41)38(60)48-30(12-32(53)54)34(56)46-28(6-2-4-8-44)36(58)50-42-19-25-10-26(20-42)16-40(15-25,22-42)37(59)47-29(11-31(51)52)33(55)45-27/h23-30H,1-22,43-44H2,(H,45,55)(H,46,56)(H,47,59)(H,48,60)(H,49,57)(H,50,58)(H,51,52)(H,53,54)/t23-,24?,25-,26?,27?,28?,29-,30-,39?,40?,41?,42?/m0/s1. The Hall–Kier alpha value is -4.32. The van der Waals surface area contributed by atoms with Gasteiger partial charge in [-0.15, -0.1) is 0 Å². The summed E-state index contributed by atoms with van der Waals surface area (Å²) < 4.78 is 0. The second kappa shape index (κ2) is 17.2. The van der Waals surface area contributed by atoms with E-state index in [2.05, 4.69) is 31.9 Å². The van der Waals surface area contributed by atoms with Gasteiger partial charge in [-0.3, -0.25) is 38.4 Å². The van der Waals surface area contributed by atoms with Gasteiger partial charge in [0.05, 0.1) is 23.7 Å². The molecular weight excluding hydrogens is 777 g/mol. The number of aliphatic carboxylic acids is 2. The van der Waals surface area contributed by atoms with Crippen LogP contribution in [0.15, 0.2) is 0 Å². The molecule has 0 radical (unpaired) electrons. The van der Waals surface area contributed by atoms with Crippen molar-refractivity contribution in [2.45, 2.75) is 164 Å². The van der Waals surface area contributed by atoms with Gasteiger partial charge in [-0.05, 0) is 152 Å². The third kappa shape index (κ3) is 9.14. The van der Waals surface area contributed by atoms with E-state index in [1.807, 2.05) is 0 Å². The molecule has 9 aliphatic rings. The fourth-order valence-electron chi connectivity index (χ4n) is 13.5. The average Bonchev–Trinajstić information content (AvgIpc) is 3.14. The molecule has 12 atom stereocenters. The highest BCUT2D eigenvalue weighted by Gasteiger charge is 2.63. The quantitative estimate of drug-likeness (QED) is 0.117. The summed E-state index contributed by atoms with van der Waals surface area (Å²) >= 11 is 0. The fraction of sp³-hybridized carbons (Fsp3) is 0.810. The van der Waals surface area contributed by atoms with Crippen LogP contribution in [0.2, 0.25) is 0 Å². The first-order valence-electron chi connectivity index (χ1n) is 22.2. The van der Waals surface area contributed by atoms with Crippen LogP contribution >= 0.6 is 0 Å². The largest absolute Gasteiger partial charge is 0.481 e. The molecule has 8 saturated carbocycles. The first-order valence-corrected chi connectivity index (χ1v) is 22.2. The maximum absolute atomic E-state index is 14.5. The maximum Gasteiger partial charge on any atom is 0.305 e. The maximum atomic E-state index is 14.5. The fourth-order valence-corrected chi connectivity index (χ4v) is 13.5. The number of carboxylic acids is 2. The summed E-state index contributed by atoms with van der Waals surface area (Å²) in [5.41, 5.74) is 7.89. The molecule has 4 spiro atoms. The minimum Gasteiger partial charge on any atom is -0.481 e. The number of amides is 6. The van der Waals surface area contributed by atoms with Crippen molar-refractivity contribution in [1.82, 2.24) is 31.9 Å². The van der Waals surface area contributed by atoms with E-state index in [9.17, 15) is 48.6 Å². The zero-order chi connectivity index (χ0) is 43.0. The molecule has 332 valence electrons. The number of carbonyl (C=O) groups excluding carboxylic acids is 6. The van der Waals surface area contributed by atoms with Crippen molar-refractivity contribution >= 4 is 47.4 Å². The van der Waals surface area contributed by atoms with Crippen molar-refractivity contribution in [2.75, 3.05) is 13.1 Å². The van der Waals surface area contributed by atoms with Gasteiger partial charge < -0.3 is 53.6 Å². The summed E-state index contributed by atoms with van der Waals surface area (Å²) in [6, 6.07) is -5.15. The first kappa shape index (κ1) is 43.8. The molecule has 60 heavy (non-hydrogen) atoms. The van der Waals surface area contributed by atoms with E-state index >= 15 is 0 Å². The van der Waals surface area contributed by atoms with Crippen molar-refractivity contribution in [3.05, 3.63) is 0 Å². The summed E-state index contributed by atoms with van der Waals surface area (Å²) in [6.45, 7) is 0.708. The summed E-state index contributed by atoms with van der Waals surface area (Å²) in [5.74, 6) is -5.85. The molecule has 8 bridgehead atoms. The molecule has 9 fully saturated rings. The molecule has 8 unspecified atom stereocenters. The van der Waals surface area contributed by atoms with Crippen molar-refractivity contribution in [2.24, 2.45) is 46.0 Å². The molecule has 18 heteroatoms. The predicted molar refractivity (Wildman–Crippen MR) is 214 cm³/mol. The highest BCUT2D eigenvalue weighted by Crippen LogP contribution is 2.63. The Balaban J connectivity index is 1.25. The number of nitrogens with two attached hydrogens (primary N) is 2. The molecule has 0 aromatic heterocycles. The minimum absolute atomic E-state index is 0.0642. The zero-order valence-electron chi connectivity index (χ0n) is 34.5. The Kier molecular flexibility index (Phi) is 12.6. The number of carboxylic acid groups (broad SMARTS) is 2. The van der Waals surface area contributed by atoms with Crippen molar-refractivity contribution in [1.29, 1.82) is 0 Å². The summed E-state index contributed by atoms with van der Waals surface area (Å²) in [7, 11) is 0. The Labute approximate surface area is 350 Å². The lowest BCUT2D eigenvalue weighted by atomic mass is 9.46. The Morgan fingerprint density at radius 3 is 1.17 bits per heavy atom. The molecular formula is C42H64N8O10. The number of hydrogen-bond acceptors (Lipinski definition) is 10. The predicted octanol–water partition coefficient (Wildman–Crippen LogP) is 0.0570. The molecule has 9 rings (SSSR count). The summed E-state index contributed by atoms with van der Waals surface area (Å²) in [4.78, 5) is 110. The molecule has 0 aromatic carbocycles. The van der Waals surface area contributed by atoms with Crippen LogP contribution < -0.4 is 43.4 Å². The van der Waals surface area contributed by atoms with Crippen LogP contribution in [0.5, 0.6) is 0 Å². The van der Waals surface area contributed by atoms with E-state index in [0.29, 0.717) is 90.1 Å². The van der Waals surface area contributed by atoms with Crippen LogP contribution in [-0.2, 0) is 38.4 Å². The second-order valence-corrected chi connectivity index (χ2v) is 20.0. The topological polar surface area (TPSA) is 301 Å². The van der Waals surface area contributed by atoms with Gasteiger partial charge in [-0.2, -0.15) is 0 Å². The Morgan fingerprint density at radius 1 is 0.500 bits per heavy atom. The molecule has 8 aliphatic carbocycles. The van der Waals surface area contributed by atoms with Gasteiger partial charge in [-0.1, -0.05) is 0 Å². The summed E-state index contributed by atoms with van der Waals surface area (Å²) in [6.07, 6.45) is 7.61. The normalized spacial score (nSPS) is 40.2. The number of rotatable bonds is 12. The van der Waals surface area contributed by atoms with Crippen LogP contribution in [0.3, 0.4) is 0 Å². The lowest BCUT2D eigenvalue weighted by molar-refractivity contribution is -0.157. The van der Waals surface area contributed by atoms with E-state index < -0.39 is 106 Å². The number of nitrogens with one attached hydrogen (secondary N) is 6. The lowest BCUT2D eigenvalue weighted by Gasteiger charge is -2.61. The first-order chi connectivity index (χ1) is 28.5. The third-order valence-electron chi connectivity index (χ3n) is 15.0. The smallest absolute Gasteiger partial charge is 0.305 e. The van der Waals surface area contributed by atoms with Crippen LogP contribution in [-0.4, -0.2) is 106 Å². The molecule has 1 saturated heterocycles. The third-order valence-corrected chi connectivity index (χ3v) is 15.0. The molecule has 6 amide bonds. The highest BCUT2D eigenvalue weighted by atomic mass is 16.4. The van der Waals surface area contributed by atoms with Gasteiger partial charge in [0.15, 0.2) is 0 Å². The van der Waals surface area contributed by atoms with E-state index in [0.717, 1.165) is 12.8 Å². The van der Waals surface area contributed by atoms with E-state index in [-0.39, 0.29) is 49.4 Å². The molecule has 0 aromatic rings. The Bertz CT molecular complexity index is 1600.